The number of halogens is 1. The third-order valence-electron chi connectivity index (χ3n) is 5.24. The van der Waals surface area contributed by atoms with Crippen molar-refractivity contribution in [3.8, 4) is 11.3 Å². The molecule has 0 saturated heterocycles. The van der Waals surface area contributed by atoms with E-state index in [-0.39, 0.29) is 76.1 Å². The average Bonchev–Trinajstić information content (AvgIpc) is 3.68. The number of hydrogen-bond donors (Lipinski definition) is 1. The van der Waals surface area contributed by atoms with Gasteiger partial charge >= 0.3 is 884 Å². The van der Waals surface area contributed by atoms with Crippen molar-refractivity contribution in [1.82, 2.24) is 14.5 Å². The Morgan fingerprint density at radius 3 is 1.57 bits per heavy atom. The summed E-state index contributed by atoms with van der Waals surface area (Å²) in [5.74, 6) is -1.41. The molecular weight excluding hydrogens is 1500 g/mol. The van der Waals surface area contributed by atoms with Crippen molar-refractivity contribution in [3.05, 3.63) is 75.9 Å². The number of para-hydroxylation sites is 1. The fourth-order valence-corrected chi connectivity index (χ4v) is 3.66. The van der Waals surface area contributed by atoms with E-state index in [1.165, 1.54) is 827 Å². The van der Waals surface area contributed by atoms with Crippen LogP contribution in [0.3, 0.4) is 0 Å². The number of carbonyl (C=O) groups is 1. The number of anilines is 2. The van der Waals surface area contributed by atoms with Crippen LogP contribution in [0, 0.1) is 22.9 Å². The summed E-state index contributed by atoms with van der Waals surface area (Å²) in [6, 6.07) is 9.83. The molecule has 0 unspecified atom stereocenters. The summed E-state index contributed by atoms with van der Waals surface area (Å²) < 4.78 is 21.3. The topological polar surface area (TPSA) is 112 Å². The zero-order valence-electron chi connectivity index (χ0n) is 47.0. The first-order chi connectivity index (χ1) is 29.2. The van der Waals surface area contributed by atoms with Crippen molar-refractivity contribution in [2.45, 2.75) is 26.9 Å². The van der Waals surface area contributed by atoms with Crippen molar-refractivity contribution in [3.63, 3.8) is 0 Å². The first-order valence-electron chi connectivity index (χ1n) is 23.5. The summed E-state index contributed by atoms with van der Waals surface area (Å²) in [4.78, 5) is 32.0. The summed E-state index contributed by atoms with van der Waals surface area (Å²) in [6.07, 6.45) is 2.87. The van der Waals surface area contributed by atoms with E-state index in [0.717, 1.165) is 23.0 Å². The zero-order valence-corrected chi connectivity index (χ0v) is 130. The molecule has 0 amide bonds. The van der Waals surface area contributed by atoms with Crippen LogP contribution >= 0.6 is 0 Å². The second kappa shape index (κ2) is 111. The molecule has 0 atom stereocenters. The van der Waals surface area contributed by atoms with Crippen LogP contribution in [0.2, 0.25) is 0 Å². The van der Waals surface area contributed by atoms with Crippen LogP contribution in [-0.2, 0) is 11.8 Å². The molecule has 2 aromatic heterocycles. The van der Waals surface area contributed by atoms with Crippen molar-refractivity contribution in [2.24, 2.45) is 7.05 Å². The number of nitrogens with one attached hydrogen (secondary N) is 1. The van der Waals surface area contributed by atoms with E-state index >= 15 is 0 Å². The summed E-state index contributed by atoms with van der Waals surface area (Å²) >= 11 is 32.5. The van der Waals surface area contributed by atoms with Gasteiger partial charge in [0.2, 0.25) is 11.8 Å². The van der Waals surface area contributed by atoms with Gasteiger partial charge in [0, 0.05) is 42.0 Å². The Hall–Kier alpha value is 39.8. The first kappa shape index (κ1) is 125. The monoisotopic (exact) mass is 1520 g/mol. The minimum atomic E-state index is -0.933. The van der Waals surface area contributed by atoms with Gasteiger partial charge in [-0.3, -0.25) is 10.1 Å². The molecule has 4 rings (SSSR count). The van der Waals surface area contributed by atoms with Gasteiger partial charge in [0.05, 0.1) is 22.4 Å². The molecule has 0 aliphatic heterocycles. The zero-order chi connectivity index (χ0) is 50.6. The Balaban J connectivity index is -0.0000000769. The number of fused-ring (bicyclic) bond motifs is 1. The molecule has 0 aliphatic carbocycles. The van der Waals surface area contributed by atoms with Gasteiger partial charge in [-0.05, 0) is 38.5 Å². The molecule has 202 valence electrons. The second-order valence-corrected chi connectivity index (χ2v) is 8.08. The molecule has 37 heteroatoms. The normalized spacial score (nSPS) is 7.90. The van der Waals surface area contributed by atoms with Crippen molar-refractivity contribution >= 4 is 855 Å². The Labute approximate surface area is 1000 Å². The van der Waals surface area contributed by atoms with Crippen molar-refractivity contribution in [2.75, 3.05) is 5.32 Å². The maximum atomic E-state index is 13.9. The fourth-order valence-electron chi connectivity index (χ4n) is 3.66. The Kier molecular flexibility index (Phi) is 226. The molecule has 0 saturated carbocycles. The average molecular weight is 1520 g/mol. The number of esters is 1. The molecule has 0 bridgehead atoms. The van der Waals surface area contributed by atoms with Crippen LogP contribution in [0.15, 0.2) is 48.8 Å². The Bertz CT molecular complexity index is 1500. The number of carbonyl (C=O) groups excluding carboxylic acids is 1. The van der Waals surface area contributed by atoms with E-state index in [1.54, 1.807) is 20.8 Å². The van der Waals surface area contributed by atoms with E-state index in [2.05, 4.69) is 15.3 Å². The molecule has 0 aliphatic rings. The summed E-state index contributed by atoms with van der Waals surface area (Å²) in [5.41, 5.74) is 2.20. The summed E-state index contributed by atoms with van der Waals surface area (Å²) in [6.45, 7) is 5.10. The van der Waals surface area contributed by atoms with E-state index in [4.69, 9.17) is 4.74 Å². The van der Waals surface area contributed by atoms with Crippen LogP contribution < -0.4 is 56.7 Å². The number of benzene rings is 2. The second-order valence-electron chi connectivity index (χ2n) is 8.08. The number of aryl methyl sites for hydroxylation is 2. The SMILES string of the molecule is Cc1cc(F)c([N+](=O)[O-])cc1Nc1ncc(C(=O)OC(C)C)c(-c2cn(C)c3ccccc23)n1.[H-].[K+].[K][K].[K][K].[K][K].[K][K].[K][K].[K][K].[K][K].[K][K].[K][K].[K][K].[K][K].[K][K].[K][K]. The predicted molar refractivity (Wildman–Crippen MR) is 276 cm³/mol. The van der Waals surface area contributed by atoms with Crippen LogP contribution in [-0.4, -0.2) is 853 Å². The molecule has 61 heavy (non-hydrogen) atoms. The first-order valence-corrected chi connectivity index (χ1v) is 231. The van der Waals surface area contributed by atoms with Crippen molar-refractivity contribution in [1.29, 1.82) is 0 Å². The molecular formula is C24H23FK27N5O4. The maximum absolute atomic E-state index is 13.9. The molecule has 2 aromatic carbocycles. The summed E-state index contributed by atoms with van der Waals surface area (Å²) in [5, 5.41) is 15.0. The predicted octanol–water partition coefficient (Wildman–Crippen LogP) is -7.48. The van der Waals surface area contributed by atoms with Crippen LogP contribution in [0.5, 0.6) is 0 Å². The minimum absolute atomic E-state index is 0. The van der Waals surface area contributed by atoms with Crippen molar-refractivity contribution < 1.29 is 71.7 Å². The molecule has 0 radical (unpaired) electrons. The van der Waals surface area contributed by atoms with Gasteiger partial charge in [-0.2, -0.15) is 4.39 Å². The molecule has 9 nitrogen and oxygen atoms in total. The molecule has 1 N–H and O–H groups in total. The number of nitro benzene ring substituents is 1. The third kappa shape index (κ3) is 76.4. The van der Waals surface area contributed by atoms with Crippen LogP contribution in [0.25, 0.3) is 22.2 Å². The van der Waals surface area contributed by atoms with E-state index in [1.807, 2.05) is 42.1 Å². The van der Waals surface area contributed by atoms with E-state index in [0.29, 0.717) is 16.8 Å². The van der Waals surface area contributed by atoms with Gasteiger partial charge in [-0.25, -0.2) is 14.8 Å². The molecule has 0 fully saturated rings. The van der Waals surface area contributed by atoms with E-state index in [9.17, 15) is 19.3 Å². The number of aromatic nitrogens is 3. The fraction of sp³-hybridized carbons (Fsp3) is 0.208. The van der Waals surface area contributed by atoms with Gasteiger partial charge < -0.3 is 16.0 Å². The van der Waals surface area contributed by atoms with Crippen LogP contribution in [0.4, 0.5) is 21.7 Å². The summed E-state index contributed by atoms with van der Waals surface area (Å²) in [7, 11) is 1.89. The Morgan fingerprint density at radius 1 is 0.770 bits per heavy atom. The quantitative estimate of drug-likeness (QED) is 0.0886. The number of nitro groups is 1. The number of nitrogens with zero attached hydrogens (tertiary/aromatic N) is 4. The van der Waals surface area contributed by atoms with Gasteiger partial charge in [-0.1, -0.05) is 18.2 Å². The Morgan fingerprint density at radius 2 is 1.18 bits per heavy atom. The van der Waals surface area contributed by atoms with Gasteiger partial charge in [0.25, 0.3) is 0 Å². The van der Waals surface area contributed by atoms with Crippen LogP contribution in [0.1, 0.15) is 31.2 Å². The van der Waals surface area contributed by atoms with Gasteiger partial charge in [0.1, 0.15) is 5.56 Å². The number of hydrogen-bond acceptors (Lipinski definition) is 7. The number of rotatable bonds is 6. The standard InChI is InChI=1S/C24H22FN5O4.27K.H/c1-13(2)34-23(31)16-11-26-24(27-19-10-21(30(32)33)18(25)9-14(19)3)28-22(16)17-12-29(4)20-8-6-5-7-15(17)20;;;;;;;;;;;;;;;;;;;;;;;;;;;;/h5-13H,1-4H3,(H,26,27,28);;;;;;;;;;;;;;;;;;;;;;;;;;;;/q;;;;;;;;;;;;;;;;;;;;;;;;;;;+1;-1. The number of ether oxygens (including phenoxy) is 1. The van der Waals surface area contributed by atoms with Gasteiger partial charge in [0.15, 0.2) is 0 Å². The molecule has 0 spiro atoms. The molecule has 2 heterocycles. The molecule has 4 aromatic rings. The van der Waals surface area contributed by atoms with Gasteiger partial charge in [-0.15, -0.1) is 0 Å². The third-order valence-corrected chi connectivity index (χ3v) is 5.24. The van der Waals surface area contributed by atoms with E-state index < -0.39 is 22.4 Å².